The predicted octanol–water partition coefficient (Wildman–Crippen LogP) is 4.43. The molecule has 3 aliphatic heterocycles. The van der Waals surface area contributed by atoms with E-state index in [2.05, 4.69) is 33.3 Å². The summed E-state index contributed by atoms with van der Waals surface area (Å²) in [6.45, 7) is 4.48. The molecule has 2 atom stereocenters. The van der Waals surface area contributed by atoms with Gasteiger partial charge in [0.05, 0.1) is 12.3 Å². The van der Waals surface area contributed by atoms with Gasteiger partial charge >= 0.3 is 0 Å². The van der Waals surface area contributed by atoms with Crippen LogP contribution in [-0.4, -0.2) is 87.8 Å². The summed E-state index contributed by atoms with van der Waals surface area (Å²) in [7, 11) is 2.16. The number of halogens is 1. The fraction of sp³-hybridized carbons (Fsp3) is 0.406. The Hall–Kier alpha value is -3.66. The van der Waals surface area contributed by atoms with Crippen LogP contribution in [0.1, 0.15) is 35.2 Å². The molecule has 5 heterocycles. The van der Waals surface area contributed by atoms with E-state index in [-0.39, 0.29) is 17.9 Å². The standard InChI is InChI=1S/C32H36ClN7O2/c1-37-16-12-23-19-39(20-28(23)37)30(42)22-4-10-26(11-5-22)34-31-35-29-27(3-2-15-40(29)36-31)38-17-13-32(21-41,14-18-38)24-6-8-25(33)9-7-24/h2-11,15,23,28,41H,12-14,16-21H2,1H3,(H,34,36). The Morgan fingerprint density at radius 3 is 2.52 bits per heavy atom. The molecule has 9 nitrogen and oxygen atoms in total. The second kappa shape index (κ2) is 10.9. The van der Waals surface area contributed by atoms with Gasteiger partial charge in [-0.05, 0) is 92.9 Å². The smallest absolute Gasteiger partial charge is 0.253 e. The third kappa shape index (κ3) is 4.89. The number of piperidine rings is 1. The Bertz CT molecular complexity index is 1580. The lowest BCUT2D eigenvalue weighted by atomic mass is 9.73. The number of fused-ring (bicyclic) bond motifs is 2. The number of rotatable bonds is 6. The van der Waals surface area contributed by atoms with Crippen molar-refractivity contribution in [1.82, 2.24) is 24.4 Å². The second-order valence-electron chi connectivity index (χ2n) is 12.0. The molecule has 2 aromatic heterocycles. The highest BCUT2D eigenvalue weighted by Gasteiger charge is 2.41. The topological polar surface area (TPSA) is 89.2 Å². The van der Waals surface area contributed by atoms with E-state index in [1.165, 1.54) is 6.42 Å². The van der Waals surface area contributed by atoms with Crippen LogP contribution >= 0.6 is 11.6 Å². The van der Waals surface area contributed by atoms with Gasteiger partial charge in [0.25, 0.3) is 5.91 Å². The van der Waals surface area contributed by atoms with E-state index in [1.54, 1.807) is 4.52 Å². The predicted molar refractivity (Wildman–Crippen MR) is 165 cm³/mol. The second-order valence-corrected chi connectivity index (χ2v) is 12.5. The van der Waals surface area contributed by atoms with Gasteiger partial charge in [-0.3, -0.25) is 4.79 Å². The van der Waals surface area contributed by atoms with E-state index < -0.39 is 0 Å². The molecule has 3 fully saturated rings. The maximum absolute atomic E-state index is 13.1. The summed E-state index contributed by atoms with van der Waals surface area (Å²) in [4.78, 5) is 24.7. The monoisotopic (exact) mass is 585 g/mol. The quantitative estimate of drug-likeness (QED) is 0.346. The molecule has 2 N–H and O–H groups in total. The number of hydrogen-bond acceptors (Lipinski definition) is 7. The van der Waals surface area contributed by atoms with Crippen LogP contribution < -0.4 is 10.2 Å². The van der Waals surface area contributed by atoms with Crippen molar-refractivity contribution in [2.75, 3.05) is 56.6 Å². The maximum atomic E-state index is 13.1. The average Bonchev–Trinajstić information content (AvgIpc) is 3.73. The van der Waals surface area contributed by atoms with Crippen molar-refractivity contribution < 1.29 is 9.90 Å². The summed E-state index contributed by atoms with van der Waals surface area (Å²) in [6, 6.07) is 20.0. The summed E-state index contributed by atoms with van der Waals surface area (Å²) >= 11 is 6.11. The summed E-state index contributed by atoms with van der Waals surface area (Å²) < 4.78 is 1.80. The number of hydrogen-bond donors (Lipinski definition) is 2. The Kier molecular flexibility index (Phi) is 7.04. The minimum atomic E-state index is -0.274. The molecule has 0 spiro atoms. The number of aliphatic hydroxyl groups excluding tert-OH is 1. The van der Waals surface area contributed by atoms with Gasteiger partial charge in [-0.1, -0.05) is 23.7 Å². The van der Waals surface area contributed by atoms with E-state index in [0.717, 1.165) is 68.2 Å². The number of aliphatic hydroxyl groups is 1. The Morgan fingerprint density at radius 2 is 1.81 bits per heavy atom. The number of carbonyl (C=O) groups is 1. The van der Waals surface area contributed by atoms with E-state index in [0.29, 0.717) is 28.5 Å². The normalized spacial score (nSPS) is 22.1. The summed E-state index contributed by atoms with van der Waals surface area (Å²) in [5.74, 6) is 1.19. The van der Waals surface area contributed by atoms with E-state index in [4.69, 9.17) is 16.6 Å². The third-order valence-corrected chi connectivity index (χ3v) is 9.91. The van der Waals surface area contributed by atoms with Crippen molar-refractivity contribution in [1.29, 1.82) is 0 Å². The number of likely N-dealkylation sites (tertiary alicyclic amines) is 2. The first-order valence-electron chi connectivity index (χ1n) is 14.8. The lowest BCUT2D eigenvalue weighted by Crippen LogP contribution is -2.45. The van der Waals surface area contributed by atoms with E-state index in [9.17, 15) is 9.90 Å². The fourth-order valence-electron chi connectivity index (χ4n) is 7.06. The number of amides is 1. The Morgan fingerprint density at radius 1 is 1.05 bits per heavy atom. The molecule has 2 unspecified atom stereocenters. The zero-order valence-electron chi connectivity index (χ0n) is 23.8. The van der Waals surface area contributed by atoms with Crippen LogP contribution in [0.25, 0.3) is 5.65 Å². The van der Waals surface area contributed by atoms with Gasteiger partial charge in [-0.15, -0.1) is 5.10 Å². The van der Waals surface area contributed by atoms with Gasteiger partial charge in [0.2, 0.25) is 5.95 Å². The number of nitrogens with zero attached hydrogens (tertiary/aromatic N) is 6. The number of nitrogens with one attached hydrogen (secondary N) is 1. The molecule has 3 aliphatic rings. The first-order valence-corrected chi connectivity index (χ1v) is 15.1. The molecule has 0 radical (unpaired) electrons. The number of likely N-dealkylation sites (N-methyl/N-ethyl adjacent to an activating group) is 1. The zero-order valence-corrected chi connectivity index (χ0v) is 24.5. The highest BCUT2D eigenvalue weighted by atomic mass is 35.5. The largest absolute Gasteiger partial charge is 0.395 e. The molecule has 1 amide bonds. The average molecular weight is 586 g/mol. The van der Waals surface area contributed by atoms with Crippen molar-refractivity contribution in [3.05, 3.63) is 83.0 Å². The lowest BCUT2D eigenvalue weighted by molar-refractivity contribution is 0.0774. The molecule has 7 rings (SSSR count). The first kappa shape index (κ1) is 27.2. The molecule has 218 valence electrons. The number of aromatic nitrogens is 3. The van der Waals surface area contributed by atoms with Crippen molar-refractivity contribution >= 4 is 40.5 Å². The fourth-order valence-corrected chi connectivity index (χ4v) is 7.18. The number of benzene rings is 2. The van der Waals surface area contributed by atoms with Crippen molar-refractivity contribution in [2.45, 2.75) is 30.7 Å². The summed E-state index contributed by atoms with van der Waals surface area (Å²) in [5, 5.41) is 19.0. The molecule has 2 aromatic carbocycles. The Balaban J connectivity index is 1.03. The molecule has 42 heavy (non-hydrogen) atoms. The molecule has 3 saturated heterocycles. The van der Waals surface area contributed by atoms with Crippen LogP contribution in [0.3, 0.4) is 0 Å². The molecule has 0 aliphatic carbocycles. The number of anilines is 3. The maximum Gasteiger partial charge on any atom is 0.253 e. The molecule has 0 saturated carbocycles. The Labute approximate surface area is 250 Å². The van der Waals surface area contributed by atoms with Crippen LogP contribution in [0.15, 0.2) is 66.9 Å². The number of carbonyl (C=O) groups excluding carboxylic acids is 1. The zero-order chi connectivity index (χ0) is 28.8. The van der Waals surface area contributed by atoms with Gasteiger partial charge < -0.3 is 25.1 Å². The summed E-state index contributed by atoms with van der Waals surface area (Å²) in [5.41, 5.74) is 4.18. The van der Waals surface area contributed by atoms with Gasteiger partial charge in [0.15, 0.2) is 5.65 Å². The number of pyridine rings is 1. The van der Waals surface area contributed by atoms with Gasteiger partial charge in [-0.25, -0.2) is 4.52 Å². The molecule has 4 aromatic rings. The summed E-state index contributed by atoms with van der Waals surface area (Å²) in [6.07, 6.45) is 4.72. The SMILES string of the molecule is CN1CCC2CN(C(=O)c3ccc(Nc4nc5c(N6CCC(CO)(c7ccc(Cl)cc7)CC6)cccn5n4)cc3)CC21. The van der Waals surface area contributed by atoms with Crippen LogP contribution in [0, 0.1) is 5.92 Å². The molecular formula is C32H36ClN7O2. The van der Waals surface area contributed by atoms with Crippen molar-refractivity contribution in [3.8, 4) is 0 Å². The van der Waals surface area contributed by atoms with Crippen LogP contribution in [-0.2, 0) is 5.41 Å². The third-order valence-electron chi connectivity index (χ3n) is 9.66. The highest BCUT2D eigenvalue weighted by Crippen LogP contribution is 2.38. The van der Waals surface area contributed by atoms with Crippen molar-refractivity contribution in [3.63, 3.8) is 0 Å². The first-order chi connectivity index (χ1) is 20.4. The highest BCUT2D eigenvalue weighted by molar-refractivity contribution is 6.30. The lowest BCUT2D eigenvalue weighted by Gasteiger charge is -2.42. The van der Waals surface area contributed by atoms with Crippen LogP contribution in [0.4, 0.5) is 17.3 Å². The van der Waals surface area contributed by atoms with Gasteiger partial charge in [-0.2, -0.15) is 4.98 Å². The van der Waals surface area contributed by atoms with Gasteiger partial charge in [0.1, 0.15) is 0 Å². The van der Waals surface area contributed by atoms with Crippen molar-refractivity contribution in [2.24, 2.45) is 5.92 Å². The molecule has 10 heteroatoms. The minimum absolute atomic E-state index is 0.0997. The molecular weight excluding hydrogens is 550 g/mol. The van der Waals surface area contributed by atoms with Crippen LogP contribution in [0.2, 0.25) is 5.02 Å². The minimum Gasteiger partial charge on any atom is -0.395 e. The molecule has 0 bridgehead atoms. The van der Waals surface area contributed by atoms with E-state index >= 15 is 0 Å². The van der Waals surface area contributed by atoms with E-state index in [1.807, 2.05) is 65.7 Å². The van der Waals surface area contributed by atoms with Crippen LogP contribution in [0.5, 0.6) is 0 Å². The van der Waals surface area contributed by atoms with Gasteiger partial charge in [0, 0.05) is 60.1 Å².